The summed E-state index contributed by atoms with van der Waals surface area (Å²) in [5.41, 5.74) is 13.8. The number of hydrogen-bond acceptors (Lipinski definition) is 1. The Hall–Kier alpha value is -5.40. The number of nitrogens with zero attached hydrogens (tertiary/aromatic N) is 1. The smallest absolute Gasteiger partial charge is 0.0541 e. The summed E-state index contributed by atoms with van der Waals surface area (Å²) in [6.07, 6.45) is 7.16. The van der Waals surface area contributed by atoms with Gasteiger partial charge in [-0.1, -0.05) is 146 Å². The van der Waals surface area contributed by atoms with E-state index in [1.807, 2.05) is 0 Å². The number of benzene rings is 6. The lowest BCUT2D eigenvalue weighted by Crippen LogP contribution is -2.44. The van der Waals surface area contributed by atoms with E-state index in [0.717, 1.165) is 11.4 Å². The van der Waals surface area contributed by atoms with Gasteiger partial charge in [-0.3, -0.25) is 0 Å². The van der Waals surface area contributed by atoms with Crippen LogP contribution in [0.3, 0.4) is 0 Å². The topological polar surface area (TPSA) is 3.24 Å². The third-order valence-electron chi connectivity index (χ3n) is 10.6. The molecule has 1 heteroatoms. The molecule has 0 saturated carbocycles. The van der Waals surface area contributed by atoms with Gasteiger partial charge in [0.2, 0.25) is 0 Å². The lowest BCUT2D eigenvalue weighted by Gasteiger charge is -2.46. The molecule has 6 aromatic rings. The summed E-state index contributed by atoms with van der Waals surface area (Å²) in [7, 11) is 0. The van der Waals surface area contributed by atoms with Gasteiger partial charge in [-0.05, 0) is 81.8 Å². The zero-order valence-corrected chi connectivity index (χ0v) is 25.3. The number of allylic oxidation sites excluding steroid dienone is 4. The minimum Gasteiger partial charge on any atom is -0.313 e. The first-order valence-electron chi connectivity index (χ1n) is 15.9. The molecule has 3 aliphatic rings. The van der Waals surface area contributed by atoms with Gasteiger partial charge in [-0.25, -0.2) is 0 Å². The number of para-hydroxylation sites is 1. The minimum absolute atomic E-state index is 0.182. The Labute approximate surface area is 265 Å². The molecule has 6 aromatic carbocycles. The first-order valence-corrected chi connectivity index (χ1v) is 15.9. The second kappa shape index (κ2) is 9.81. The highest BCUT2D eigenvalue weighted by Gasteiger charge is 2.63. The molecule has 2 unspecified atom stereocenters. The van der Waals surface area contributed by atoms with Crippen molar-refractivity contribution in [1.29, 1.82) is 0 Å². The summed E-state index contributed by atoms with van der Waals surface area (Å²) >= 11 is 0. The van der Waals surface area contributed by atoms with Crippen molar-refractivity contribution in [2.75, 3.05) is 4.90 Å². The van der Waals surface area contributed by atoms with Crippen molar-refractivity contribution in [3.05, 3.63) is 204 Å². The molecule has 0 amide bonds. The van der Waals surface area contributed by atoms with Gasteiger partial charge in [-0.2, -0.15) is 0 Å². The first-order chi connectivity index (χ1) is 22.2. The van der Waals surface area contributed by atoms with E-state index < -0.39 is 0 Å². The number of anilines is 2. The Morgan fingerprint density at radius 3 is 1.60 bits per heavy atom. The SMILES string of the molecule is CC12C(N(c3ccccc3)c3ccc(-c4ccccc4)cc3)=CC=CC1C1(c3ccccc3-c3ccccc31)c1ccccc12. The highest BCUT2D eigenvalue weighted by molar-refractivity contribution is 5.87. The molecule has 0 aromatic heterocycles. The maximum absolute atomic E-state index is 2.49. The zero-order chi connectivity index (χ0) is 30.0. The molecule has 0 saturated heterocycles. The van der Waals surface area contributed by atoms with E-state index in [1.165, 1.54) is 50.2 Å². The predicted molar refractivity (Wildman–Crippen MR) is 187 cm³/mol. The normalized spacial score (nSPS) is 19.8. The standard InChI is InChI=1S/C44H33N/c1-43-39-23-12-13-24-40(39)44(37-21-10-8-19-35(37)36-20-9-11-22-38(36)44)41(43)25-14-26-42(43)45(33-17-6-3-7-18-33)34-29-27-32(28-30-34)31-15-4-2-5-16-31/h2-30,41H,1H3. The van der Waals surface area contributed by atoms with Crippen molar-refractivity contribution in [3.63, 3.8) is 0 Å². The van der Waals surface area contributed by atoms with E-state index in [0.29, 0.717) is 0 Å². The zero-order valence-electron chi connectivity index (χ0n) is 25.3. The Morgan fingerprint density at radius 1 is 0.467 bits per heavy atom. The van der Waals surface area contributed by atoms with Gasteiger partial charge in [0.1, 0.15) is 0 Å². The molecule has 0 bridgehead atoms. The third kappa shape index (κ3) is 3.50. The maximum atomic E-state index is 2.49. The van der Waals surface area contributed by atoms with E-state index in [-0.39, 0.29) is 16.7 Å². The van der Waals surface area contributed by atoms with Crippen molar-refractivity contribution in [3.8, 4) is 22.3 Å². The van der Waals surface area contributed by atoms with Crippen LogP contribution in [0.5, 0.6) is 0 Å². The fraction of sp³-hybridized carbons (Fsp3) is 0.0909. The van der Waals surface area contributed by atoms with E-state index in [1.54, 1.807) is 0 Å². The molecule has 0 fully saturated rings. The fourth-order valence-electron chi connectivity index (χ4n) is 8.75. The van der Waals surface area contributed by atoms with Crippen LogP contribution in [0.15, 0.2) is 182 Å². The van der Waals surface area contributed by atoms with Crippen molar-refractivity contribution in [1.82, 2.24) is 0 Å². The number of hydrogen-bond donors (Lipinski definition) is 0. The van der Waals surface area contributed by atoms with Crippen LogP contribution in [0, 0.1) is 5.92 Å². The van der Waals surface area contributed by atoms with Gasteiger partial charge in [0.15, 0.2) is 0 Å². The van der Waals surface area contributed by atoms with Gasteiger partial charge in [-0.15, -0.1) is 0 Å². The fourth-order valence-corrected chi connectivity index (χ4v) is 8.75. The molecule has 0 N–H and O–H groups in total. The molecule has 0 radical (unpaired) electrons. The highest BCUT2D eigenvalue weighted by Crippen LogP contribution is 2.68. The van der Waals surface area contributed by atoms with Gasteiger partial charge in [0.25, 0.3) is 0 Å². The van der Waals surface area contributed by atoms with E-state index in [4.69, 9.17) is 0 Å². The largest absolute Gasteiger partial charge is 0.313 e. The molecule has 45 heavy (non-hydrogen) atoms. The summed E-state index contributed by atoms with van der Waals surface area (Å²) in [5.74, 6) is 0.182. The lowest BCUT2D eigenvalue weighted by atomic mass is 9.60. The average Bonchev–Trinajstić information content (AvgIpc) is 3.54. The van der Waals surface area contributed by atoms with Gasteiger partial charge < -0.3 is 4.90 Å². The lowest BCUT2D eigenvalue weighted by molar-refractivity contribution is 0.352. The molecule has 0 heterocycles. The molecule has 0 aliphatic heterocycles. The van der Waals surface area contributed by atoms with Crippen molar-refractivity contribution in [2.45, 2.75) is 17.8 Å². The van der Waals surface area contributed by atoms with Crippen LogP contribution in [-0.2, 0) is 10.8 Å². The van der Waals surface area contributed by atoms with Crippen LogP contribution in [0.4, 0.5) is 11.4 Å². The number of rotatable bonds is 4. The summed E-state index contributed by atoms with van der Waals surface area (Å²) < 4.78 is 0. The van der Waals surface area contributed by atoms with Crippen LogP contribution in [0.1, 0.15) is 29.2 Å². The van der Waals surface area contributed by atoms with Crippen LogP contribution in [-0.4, -0.2) is 0 Å². The average molecular weight is 576 g/mol. The molecule has 9 rings (SSSR count). The molecular weight excluding hydrogens is 542 g/mol. The predicted octanol–water partition coefficient (Wildman–Crippen LogP) is 10.8. The van der Waals surface area contributed by atoms with Crippen LogP contribution in [0.2, 0.25) is 0 Å². The molecule has 1 spiro atoms. The van der Waals surface area contributed by atoms with Crippen molar-refractivity contribution in [2.24, 2.45) is 5.92 Å². The number of fused-ring (bicyclic) bond motifs is 10. The van der Waals surface area contributed by atoms with Gasteiger partial charge in [0, 0.05) is 28.4 Å². The van der Waals surface area contributed by atoms with Crippen molar-refractivity contribution >= 4 is 11.4 Å². The summed E-state index contributed by atoms with van der Waals surface area (Å²) in [5, 5.41) is 0. The monoisotopic (exact) mass is 575 g/mol. The van der Waals surface area contributed by atoms with E-state index in [9.17, 15) is 0 Å². The van der Waals surface area contributed by atoms with Crippen LogP contribution >= 0.6 is 0 Å². The summed E-state index contributed by atoms with van der Waals surface area (Å²) in [6, 6.07) is 58.0. The maximum Gasteiger partial charge on any atom is 0.0541 e. The Morgan fingerprint density at radius 2 is 0.956 bits per heavy atom. The second-order valence-corrected chi connectivity index (χ2v) is 12.6. The summed E-state index contributed by atoms with van der Waals surface area (Å²) in [6.45, 7) is 2.48. The van der Waals surface area contributed by atoms with Gasteiger partial charge in [0.05, 0.1) is 5.41 Å². The third-order valence-corrected chi connectivity index (χ3v) is 10.6. The van der Waals surface area contributed by atoms with Crippen LogP contribution < -0.4 is 4.90 Å². The van der Waals surface area contributed by atoms with Gasteiger partial charge >= 0.3 is 0 Å². The van der Waals surface area contributed by atoms with E-state index in [2.05, 4.69) is 188 Å². The Kier molecular flexibility index (Phi) is 5.67. The Bertz CT molecular complexity index is 2070. The van der Waals surface area contributed by atoms with Crippen LogP contribution in [0.25, 0.3) is 22.3 Å². The van der Waals surface area contributed by atoms with E-state index >= 15 is 0 Å². The molecule has 3 aliphatic carbocycles. The molecular formula is C44H33N. The quantitative estimate of drug-likeness (QED) is 0.202. The van der Waals surface area contributed by atoms with Crippen molar-refractivity contribution < 1.29 is 0 Å². The summed E-state index contributed by atoms with van der Waals surface area (Å²) in [4.78, 5) is 2.49. The first kappa shape index (κ1) is 26.0. The molecule has 1 nitrogen and oxygen atoms in total. The minimum atomic E-state index is -0.302. The Balaban J connectivity index is 1.28. The second-order valence-electron chi connectivity index (χ2n) is 12.6. The molecule has 2 atom stereocenters. The molecule has 214 valence electrons. The highest BCUT2D eigenvalue weighted by atomic mass is 15.2.